The van der Waals surface area contributed by atoms with Gasteiger partial charge in [0.05, 0.1) is 12.1 Å². The first-order valence-corrected chi connectivity index (χ1v) is 5.74. The van der Waals surface area contributed by atoms with Gasteiger partial charge in [0, 0.05) is 19.3 Å². The Hall–Kier alpha value is -2.02. The van der Waals surface area contributed by atoms with E-state index in [0.29, 0.717) is 5.56 Å². The largest absolute Gasteiger partial charge is 0.356 e. The van der Waals surface area contributed by atoms with E-state index in [1.807, 2.05) is 0 Å². The van der Waals surface area contributed by atoms with Gasteiger partial charge in [-0.1, -0.05) is 5.92 Å². The molecule has 0 radical (unpaired) electrons. The number of carbonyl (C=O) groups is 1. The van der Waals surface area contributed by atoms with Gasteiger partial charge in [0.15, 0.2) is 0 Å². The van der Waals surface area contributed by atoms with Crippen molar-refractivity contribution in [2.24, 2.45) is 0 Å². The van der Waals surface area contributed by atoms with Crippen LogP contribution in [0.5, 0.6) is 0 Å². The van der Waals surface area contributed by atoms with Crippen molar-refractivity contribution in [3.8, 4) is 12.3 Å². The summed E-state index contributed by atoms with van der Waals surface area (Å²) in [5, 5.41) is 2.67. The highest BCUT2D eigenvalue weighted by Gasteiger charge is 2.19. The fraction of sp³-hybridized carbons (Fsp3) is 0.385. The summed E-state index contributed by atoms with van der Waals surface area (Å²) >= 11 is 0. The second-order valence-corrected chi connectivity index (χ2v) is 3.96. The van der Waals surface area contributed by atoms with E-state index in [2.05, 4.69) is 21.1 Å². The van der Waals surface area contributed by atoms with E-state index in [1.54, 1.807) is 18.3 Å². The summed E-state index contributed by atoms with van der Waals surface area (Å²) in [6.07, 6.45) is 9.15. The molecule has 1 saturated heterocycles. The van der Waals surface area contributed by atoms with Gasteiger partial charge in [0.25, 0.3) is 5.91 Å². The normalized spacial score (nSPS) is 14.4. The zero-order valence-electron chi connectivity index (χ0n) is 9.65. The van der Waals surface area contributed by atoms with Gasteiger partial charge >= 0.3 is 0 Å². The number of pyridine rings is 1. The van der Waals surface area contributed by atoms with Crippen LogP contribution in [0.2, 0.25) is 0 Å². The maximum atomic E-state index is 11.9. The van der Waals surface area contributed by atoms with Crippen LogP contribution in [0.3, 0.4) is 0 Å². The first kappa shape index (κ1) is 11.5. The topological polar surface area (TPSA) is 45.2 Å². The second kappa shape index (κ2) is 5.35. The first-order valence-electron chi connectivity index (χ1n) is 5.74. The van der Waals surface area contributed by atoms with E-state index in [0.717, 1.165) is 31.7 Å². The van der Waals surface area contributed by atoms with Crippen molar-refractivity contribution in [1.29, 1.82) is 0 Å². The first-order chi connectivity index (χ1) is 8.33. The number of hydrogen-bond acceptors (Lipinski definition) is 3. The molecule has 0 bridgehead atoms. The Kier molecular flexibility index (Phi) is 3.61. The number of nitrogens with zero attached hydrogens (tertiary/aromatic N) is 2. The number of carbonyl (C=O) groups excluding carboxylic acids is 1. The van der Waals surface area contributed by atoms with Crippen LogP contribution in [-0.2, 0) is 0 Å². The van der Waals surface area contributed by atoms with Crippen molar-refractivity contribution >= 4 is 11.7 Å². The van der Waals surface area contributed by atoms with Crippen LogP contribution in [0, 0.1) is 12.3 Å². The summed E-state index contributed by atoms with van der Waals surface area (Å²) in [5.41, 5.74) is 0.602. The minimum absolute atomic E-state index is 0.155. The van der Waals surface area contributed by atoms with Gasteiger partial charge in [-0.2, -0.15) is 0 Å². The molecule has 0 spiro atoms. The molecule has 1 fully saturated rings. The highest BCUT2D eigenvalue weighted by molar-refractivity contribution is 5.99. The minimum atomic E-state index is -0.155. The predicted octanol–water partition coefficient (Wildman–Crippen LogP) is 1.04. The van der Waals surface area contributed by atoms with Gasteiger partial charge in [0.2, 0.25) is 0 Å². The molecule has 1 aromatic heterocycles. The molecule has 1 amide bonds. The zero-order valence-corrected chi connectivity index (χ0v) is 9.65. The van der Waals surface area contributed by atoms with Crippen molar-refractivity contribution in [1.82, 2.24) is 10.3 Å². The zero-order chi connectivity index (χ0) is 12.1. The summed E-state index contributed by atoms with van der Waals surface area (Å²) < 4.78 is 0. The van der Waals surface area contributed by atoms with E-state index in [9.17, 15) is 4.79 Å². The standard InChI is InChI=1S/C13H15N3O/c1-2-7-15-13(17)11-6-5-8-14-12(11)16-9-3-4-10-16/h1,5-6,8H,3-4,7,9-10H2,(H,15,17). The molecule has 1 N–H and O–H groups in total. The van der Waals surface area contributed by atoms with Crippen LogP contribution in [0.1, 0.15) is 23.2 Å². The molecule has 1 aliphatic rings. The lowest BCUT2D eigenvalue weighted by molar-refractivity contribution is 0.0959. The number of anilines is 1. The molecule has 17 heavy (non-hydrogen) atoms. The maximum absolute atomic E-state index is 11.9. The average molecular weight is 229 g/mol. The molecule has 4 nitrogen and oxygen atoms in total. The smallest absolute Gasteiger partial charge is 0.255 e. The van der Waals surface area contributed by atoms with Crippen LogP contribution >= 0.6 is 0 Å². The molecule has 0 aliphatic carbocycles. The fourth-order valence-electron chi connectivity index (χ4n) is 1.98. The highest BCUT2D eigenvalue weighted by Crippen LogP contribution is 2.21. The molecule has 88 valence electrons. The SMILES string of the molecule is C#CCNC(=O)c1cccnc1N1CCCC1. The van der Waals surface area contributed by atoms with Crippen molar-refractivity contribution < 1.29 is 4.79 Å². The minimum Gasteiger partial charge on any atom is -0.356 e. The van der Waals surface area contributed by atoms with E-state index in [-0.39, 0.29) is 12.5 Å². The summed E-state index contributed by atoms with van der Waals surface area (Å²) in [6, 6.07) is 3.55. The Morgan fingerprint density at radius 2 is 2.29 bits per heavy atom. The van der Waals surface area contributed by atoms with Gasteiger partial charge in [-0.05, 0) is 25.0 Å². The molecule has 1 aliphatic heterocycles. The Labute approximate surface area is 101 Å². The third-order valence-corrected chi connectivity index (χ3v) is 2.79. The molecule has 1 aromatic rings. The Balaban J connectivity index is 2.21. The lowest BCUT2D eigenvalue weighted by atomic mass is 10.2. The number of aromatic nitrogens is 1. The Morgan fingerprint density at radius 3 is 3.00 bits per heavy atom. The number of nitrogens with one attached hydrogen (secondary N) is 1. The van der Waals surface area contributed by atoms with Crippen LogP contribution in [0.4, 0.5) is 5.82 Å². The molecule has 0 aromatic carbocycles. The summed E-state index contributed by atoms with van der Waals surface area (Å²) in [4.78, 5) is 18.4. The molecule has 2 heterocycles. The van der Waals surface area contributed by atoms with Crippen LogP contribution in [0.25, 0.3) is 0 Å². The van der Waals surface area contributed by atoms with E-state index in [1.165, 1.54) is 0 Å². The molecule has 0 unspecified atom stereocenters. The number of terminal acetylenes is 1. The third kappa shape index (κ3) is 2.56. The number of hydrogen-bond donors (Lipinski definition) is 1. The van der Waals surface area contributed by atoms with E-state index >= 15 is 0 Å². The fourth-order valence-corrected chi connectivity index (χ4v) is 1.98. The molecular formula is C13H15N3O. The second-order valence-electron chi connectivity index (χ2n) is 3.96. The third-order valence-electron chi connectivity index (χ3n) is 2.79. The van der Waals surface area contributed by atoms with Crippen molar-refractivity contribution in [3.05, 3.63) is 23.9 Å². The van der Waals surface area contributed by atoms with Gasteiger partial charge in [-0.3, -0.25) is 4.79 Å². The molecule has 0 saturated carbocycles. The van der Waals surface area contributed by atoms with Crippen LogP contribution in [0.15, 0.2) is 18.3 Å². The lowest BCUT2D eigenvalue weighted by Crippen LogP contribution is -2.28. The summed E-state index contributed by atoms with van der Waals surface area (Å²) in [5.74, 6) is 3.00. The summed E-state index contributed by atoms with van der Waals surface area (Å²) in [7, 11) is 0. The predicted molar refractivity (Wildman–Crippen MR) is 66.9 cm³/mol. The lowest BCUT2D eigenvalue weighted by Gasteiger charge is -2.19. The van der Waals surface area contributed by atoms with Crippen LogP contribution < -0.4 is 10.2 Å². The molecular weight excluding hydrogens is 214 g/mol. The summed E-state index contributed by atoms with van der Waals surface area (Å²) in [6.45, 7) is 2.17. The average Bonchev–Trinajstić information content (AvgIpc) is 2.89. The van der Waals surface area contributed by atoms with Crippen molar-refractivity contribution in [2.75, 3.05) is 24.5 Å². The molecule has 2 rings (SSSR count). The van der Waals surface area contributed by atoms with Gasteiger partial charge in [-0.25, -0.2) is 4.98 Å². The highest BCUT2D eigenvalue weighted by atomic mass is 16.1. The maximum Gasteiger partial charge on any atom is 0.255 e. The van der Waals surface area contributed by atoms with Gasteiger partial charge in [0.1, 0.15) is 5.82 Å². The Morgan fingerprint density at radius 1 is 1.53 bits per heavy atom. The van der Waals surface area contributed by atoms with E-state index < -0.39 is 0 Å². The Bertz CT molecular complexity index is 444. The van der Waals surface area contributed by atoms with Gasteiger partial charge < -0.3 is 10.2 Å². The van der Waals surface area contributed by atoms with Gasteiger partial charge in [-0.15, -0.1) is 6.42 Å². The number of rotatable bonds is 3. The van der Waals surface area contributed by atoms with E-state index in [4.69, 9.17) is 6.42 Å². The molecule has 4 heteroatoms. The van der Waals surface area contributed by atoms with Crippen molar-refractivity contribution in [2.45, 2.75) is 12.8 Å². The monoisotopic (exact) mass is 229 g/mol. The number of amides is 1. The van der Waals surface area contributed by atoms with Crippen molar-refractivity contribution in [3.63, 3.8) is 0 Å². The molecule has 0 atom stereocenters. The van der Waals surface area contributed by atoms with Crippen LogP contribution in [-0.4, -0.2) is 30.5 Å². The quantitative estimate of drug-likeness (QED) is 0.788.